The predicted octanol–water partition coefficient (Wildman–Crippen LogP) is 3.73. The van der Waals surface area contributed by atoms with Crippen LogP contribution in [-0.2, 0) is 0 Å². The Morgan fingerprint density at radius 3 is 2.42 bits per heavy atom. The summed E-state index contributed by atoms with van der Waals surface area (Å²) in [6.07, 6.45) is 7.81. The molecule has 0 saturated heterocycles. The van der Waals surface area contributed by atoms with Crippen molar-refractivity contribution >= 4 is 0 Å². The highest BCUT2D eigenvalue weighted by atomic mass is 14.9. The number of allylic oxidation sites excluding steroid dienone is 1. The molecule has 2 rings (SSSR count). The average molecular weight is 252 g/mol. The summed E-state index contributed by atoms with van der Waals surface area (Å²) >= 11 is 0. The van der Waals surface area contributed by atoms with E-state index in [1.165, 1.54) is 11.1 Å². The van der Waals surface area contributed by atoms with E-state index in [2.05, 4.69) is 53.3 Å². The van der Waals surface area contributed by atoms with Crippen molar-refractivity contribution in [2.45, 2.75) is 18.9 Å². The molecule has 19 heavy (non-hydrogen) atoms. The van der Waals surface area contributed by atoms with Gasteiger partial charge in [-0.3, -0.25) is 4.98 Å². The van der Waals surface area contributed by atoms with Gasteiger partial charge >= 0.3 is 0 Å². The maximum atomic E-state index is 4.09. The Hall–Kier alpha value is -1.93. The lowest BCUT2D eigenvalue weighted by Gasteiger charge is -2.19. The van der Waals surface area contributed by atoms with E-state index >= 15 is 0 Å². The summed E-state index contributed by atoms with van der Waals surface area (Å²) in [5.41, 5.74) is 2.53. The largest absolute Gasteiger partial charge is 0.306 e. The van der Waals surface area contributed by atoms with E-state index in [1.807, 2.05) is 24.5 Å². The van der Waals surface area contributed by atoms with Crippen LogP contribution in [0.2, 0.25) is 0 Å². The first-order valence-corrected chi connectivity index (χ1v) is 6.71. The molecule has 0 aliphatic heterocycles. The molecule has 2 nitrogen and oxygen atoms in total. The van der Waals surface area contributed by atoms with Crippen molar-refractivity contribution in [3.05, 3.63) is 78.6 Å². The summed E-state index contributed by atoms with van der Waals surface area (Å²) in [5.74, 6) is 0. The minimum atomic E-state index is 0.231. The quantitative estimate of drug-likeness (QED) is 0.600. The van der Waals surface area contributed by atoms with Crippen LogP contribution in [0.1, 0.15) is 30.0 Å². The Labute approximate surface area is 115 Å². The van der Waals surface area contributed by atoms with Gasteiger partial charge in [0.25, 0.3) is 0 Å². The molecule has 1 heterocycles. The third-order valence-corrected chi connectivity index (χ3v) is 3.11. The van der Waals surface area contributed by atoms with E-state index < -0.39 is 0 Å². The van der Waals surface area contributed by atoms with E-state index in [0.29, 0.717) is 0 Å². The highest BCUT2D eigenvalue weighted by molar-refractivity contribution is 5.30. The van der Waals surface area contributed by atoms with Gasteiger partial charge in [-0.1, -0.05) is 36.4 Å². The number of unbranched alkanes of at least 4 members (excludes halogenated alkanes) is 1. The van der Waals surface area contributed by atoms with E-state index in [0.717, 1.165) is 19.4 Å². The second kappa shape index (κ2) is 7.49. The molecule has 1 N–H and O–H groups in total. The third kappa shape index (κ3) is 4.04. The molecule has 0 saturated carbocycles. The van der Waals surface area contributed by atoms with Gasteiger partial charge in [0.2, 0.25) is 0 Å². The first-order valence-electron chi connectivity index (χ1n) is 6.71. The fraction of sp³-hybridized carbons (Fsp3) is 0.235. The van der Waals surface area contributed by atoms with Gasteiger partial charge < -0.3 is 5.32 Å². The van der Waals surface area contributed by atoms with E-state index in [4.69, 9.17) is 0 Å². The van der Waals surface area contributed by atoms with Crippen molar-refractivity contribution in [2.75, 3.05) is 6.54 Å². The normalized spacial score (nSPS) is 12.0. The number of rotatable bonds is 7. The second-order valence-electron chi connectivity index (χ2n) is 4.51. The maximum absolute atomic E-state index is 4.09. The van der Waals surface area contributed by atoms with Gasteiger partial charge in [-0.15, -0.1) is 6.58 Å². The zero-order valence-corrected chi connectivity index (χ0v) is 11.1. The number of aromatic nitrogens is 1. The molecule has 0 aliphatic carbocycles. The van der Waals surface area contributed by atoms with Crippen molar-refractivity contribution in [3.8, 4) is 0 Å². The van der Waals surface area contributed by atoms with Crippen LogP contribution in [0.15, 0.2) is 67.5 Å². The van der Waals surface area contributed by atoms with Gasteiger partial charge in [-0.2, -0.15) is 0 Å². The summed E-state index contributed by atoms with van der Waals surface area (Å²) in [6.45, 7) is 4.74. The summed E-state index contributed by atoms with van der Waals surface area (Å²) in [6, 6.07) is 14.9. The van der Waals surface area contributed by atoms with Crippen molar-refractivity contribution in [3.63, 3.8) is 0 Å². The highest BCUT2D eigenvalue weighted by Gasteiger charge is 2.12. The topological polar surface area (TPSA) is 24.9 Å². The fourth-order valence-corrected chi connectivity index (χ4v) is 2.12. The molecular formula is C17H20N2. The van der Waals surface area contributed by atoms with Gasteiger partial charge in [-0.25, -0.2) is 0 Å². The van der Waals surface area contributed by atoms with Crippen molar-refractivity contribution < 1.29 is 0 Å². The fourth-order valence-electron chi connectivity index (χ4n) is 2.12. The minimum Gasteiger partial charge on any atom is -0.306 e. The molecule has 1 atom stereocenters. The number of hydrogen-bond acceptors (Lipinski definition) is 2. The molecular weight excluding hydrogens is 232 g/mol. The number of benzene rings is 1. The Bertz CT molecular complexity index is 440. The SMILES string of the molecule is C=CCCCNC(c1ccccc1)c1ccncc1. The zero-order valence-electron chi connectivity index (χ0n) is 11.1. The van der Waals surface area contributed by atoms with Gasteiger partial charge in [-0.05, 0) is 42.6 Å². The van der Waals surface area contributed by atoms with E-state index in [1.54, 1.807) is 0 Å². The molecule has 0 fully saturated rings. The smallest absolute Gasteiger partial charge is 0.0577 e. The number of nitrogens with one attached hydrogen (secondary N) is 1. The molecule has 2 heteroatoms. The first kappa shape index (κ1) is 13.5. The lowest BCUT2D eigenvalue weighted by molar-refractivity contribution is 0.586. The maximum Gasteiger partial charge on any atom is 0.0577 e. The molecule has 98 valence electrons. The van der Waals surface area contributed by atoms with Crippen LogP contribution in [0.25, 0.3) is 0 Å². The first-order chi connectivity index (χ1) is 9.42. The Balaban J connectivity index is 2.12. The van der Waals surface area contributed by atoms with Crippen LogP contribution >= 0.6 is 0 Å². The van der Waals surface area contributed by atoms with Gasteiger partial charge in [0.1, 0.15) is 0 Å². The molecule has 1 aromatic heterocycles. The zero-order chi connectivity index (χ0) is 13.3. The molecule has 0 bridgehead atoms. The standard InChI is InChI=1S/C17H20N2/c1-2-3-7-12-19-17(15-8-5-4-6-9-15)16-10-13-18-14-11-16/h2,4-6,8-11,13-14,17,19H,1,3,7,12H2. The lowest BCUT2D eigenvalue weighted by atomic mass is 9.99. The summed E-state index contributed by atoms with van der Waals surface area (Å²) in [7, 11) is 0. The molecule has 0 radical (unpaired) electrons. The van der Waals surface area contributed by atoms with E-state index in [9.17, 15) is 0 Å². The van der Waals surface area contributed by atoms with Crippen LogP contribution < -0.4 is 5.32 Å². The highest BCUT2D eigenvalue weighted by Crippen LogP contribution is 2.21. The Morgan fingerprint density at radius 2 is 1.74 bits per heavy atom. The van der Waals surface area contributed by atoms with Crippen molar-refractivity contribution in [1.82, 2.24) is 10.3 Å². The Morgan fingerprint density at radius 1 is 1.05 bits per heavy atom. The van der Waals surface area contributed by atoms with Crippen LogP contribution in [0.3, 0.4) is 0 Å². The number of hydrogen-bond donors (Lipinski definition) is 1. The molecule has 0 amide bonds. The molecule has 0 aliphatic rings. The Kier molecular flexibility index (Phi) is 5.32. The molecule has 1 aromatic carbocycles. The number of pyridine rings is 1. The molecule has 2 aromatic rings. The molecule has 0 spiro atoms. The van der Waals surface area contributed by atoms with Crippen molar-refractivity contribution in [2.24, 2.45) is 0 Å². The van der Waals surface area contributed by atoms with Crippen LogP contribution in [0.5, 0.6) is 0 Å². The monoisotopic (exact) mass is 252 g/mol. The second-order valence-corrected chi connectivity index (χ2v) is 4.51. The van der Waals surface area contributed by atoms with Gasteiger partial charge in [0.05, 0.1) is 6.04 Å². The van der Waals surface area contributed by atoms with Crippen LogP contribution in [0.4, 0.5) is 0 Å². The van der Waals surface area contributed by atoms with Gasteiger partial charge in [0, 0.05) is 12.4 Å². The number of nitrogens with zero attached hydrogens (tertiary/aromatic N) is 1. The summed E-state index contributed by atoms with van der Waals surface area (Å²) < 4.78 is 0. The van der Waals surface area contributed by atoms with E-state index in [-0.39, 0.29) is 6.04 Å². The predicted molar refractivity (Wildman–Crippen MR) is 80.0 cm³/mol. The lowest BCUT2D eigenvalue weighted by Crippen LogP contribution is -2.23. The van der Waals surface area contributed by atoms with Crippen LogP contribution in [-0.4, -0.2) is 11.5 Å². The average Bonchev–Trinajstić information content (AvgIpc) is 2.49. The van der Waals surface area contributed by atoms with Crippen molar-refractivity contribution in [1.29, 1.82) is 0 Å². The summed E-state index contributed by atoms with van der Waals surface area (Å²) in [4.78, 5) is 4.09. The molecule has 1 unspecified atom stereocenters. The van der Waals surface area contributed by atoms with Gasteiger partial charge in [0.15, 0.2) is 0 Å². The summed E-state index contributed by atoms with van der Waals surface area (Å²) in [5, 5.41) is 3.61. The third-order valence-electron chi connectivity index (χ3n) is 3.11. The van der Waals surface area contributed by atoms with Crippen LogP contribution in [0, 0.1) is 0 Å². The minimum absolute atomic E-state index is 0.231.